The number of likely N-dealkylation sites (N-methyl/N-ethyl adjacent to an activating group) is 1. The molecule has 1 heterocycles. The molecule has 0 bridgehead atoms. The zero-order valence-electron chi connectivity index (χ0n) is 12.5. The van der Waals surface area contributed by atoms with Gasteiger partial charge < -0.3 is 9.64 Å². The molecule has 1 fully saturated rings. The van der Waals surface area contributed by atoms with Crippen LogP contribution in [0.25, 0.3) is 0 Å². The second-order valence-electron chi connectivity index (χ2n) is 5.38. The van der Waals surface area contributed by atoms with Gasteiger partial charge in [0.05, 0.1) is 13.2 Å². The number of benzene rings is 1. The number of rotatable bonds is 6. The van der Waals surface area contributed by atoms with Crippen molar-refractivity contribution in [3.63, 3.8) is 0 Å². The van der Waals surface area contributed by atoms with E-state index in [1.165, 1.54) is 0 Å². The van der Waals surface area contributed by atoms with Gasteiger partial charge in [-0.3, -0.25) is 9.69 Å². The summed E-state index contributed by atoms with van der Waals surface area (Å²) in [5.74, 6) is 1.03. The van der Waals surface area contributed by atoms with E-state index in [4.69, 9.17) is 4.74 Å². The topological polar surface area (TPSA) is 32.8 Å². The molecule has 0 N–H and O–H groups in total. The lowest BCUT2D eigenvalue weighted by atomic mass is 10.1. The number of carbonyl (C=O) groups excluding carboxylic acids is 1. The van der Waals surface area contributed by atoms with Crippen LogP contribution in [0, 0.1) is 0 Å². The Bertz CT molecular complexity index is 423. The van der Waals surface area contributed by atoms with Gasteiger partial charge >= 0.3 is 0 Å². The van der Waals surface area contributed by atoms with Crippen LogP contribution in [0.2, 0.25) is 0 Å². The van der Waals surface area contributed by atoms with E-state index < -0.39 is 0 Å². The van der Waals surface area contributed by atoms with Gasteiger partial charge in [-0.2, -0.15) is 0 Å². The average molecular weight is 276 g/mol. The lowest BCUT2D eigenvalue weighted by molar-refractivity contribution is 0.0876. The van der Waals surface area contributed by atoms with Crippen LogP contribution in [0.3, 0.4) is 0 Å². The normalized spacial score (nSPS) is 17.1. The molecule has 0 aliphatic carbocycles. The van der Waals surface area contributed by atoms with Gasteiger partial charge in [0.1, 0.15) is 5.75 Å². The van der Waals surface area contributed by atoms with Crippen molar-refractivity contribution in [2.45, 2.75) is 13.3 Å². The molecular formula is C16H24N2O2. The fourth-order valence-electron chi connectivity index (χ4n) is 2.26. The molecule has 4 heteroatoms. The van der Waals surface area contributed by atoms with Crippen LogP contribution in [0.4, 0.5) is 0 Å². The fraction of sp³-hybridized carbons (Fsp3) is 0.562. The smallest absolute Gasteiger partial charge is 0.176 e. The number of carbonyl (C=O) groups is 1. The van der Waals surface area contributed by atoms with Crippen molar-refractivity contribution in [2.75, 3.05) is 46.4 Å². The summed E-state index contributed by atoms with van der Waals surface area (Å²) in [6.07, 6.45) is 0.990. The van der Waals surface area contributed by atoms with Gasteiger partial charge in [-0.05, 0) is 37.7 Å². The van der Waals surface area contributed by atoms with Crippen LogP contribution in [0.5, 0.6) is 5.75 Å². The molecule has 1 aliphatic heterocycles. The highest BCUT2D eigenvalue weighted by Crippen LogP contribution is 2.13. The summed E-state index contributed by atoms with van der Waals surface area (Å²) in [4.78, 5) is 16.7. The molecular weight excluding hydrogens is 252 g/mol. The molecule has 0 radical (unpaired) electrons. The molecule has 2 rings (SSSR count). The predicted octanol–water partition coefficient (Wildman–Crippen LogP) is 1.91. The highest BCUT2D eigenvalue weighted by Gasteiger charge is 2.17. The van der Waals surface area contributed by atoms with Gasteiger partial charge in [-0.25, -0.2) is 0 Å². The third-order valence-corrected chi connectivity index (χ3v) is 3.61. The van der Waals surface area contributed by atoms with Crippen LogP contribution >= 0.6 is 0 Å². The largest absolute Gasteiger partial charge is 0.494 e. The summed E-state index contributed by atoms with van der Waals surface area (Å²) in [6, 6.07) is 7.49. The van der Waals surface area contributed by atoms with E-state index in [1.54, 1.807) is 0 Å². The van der Waals surface area contributed by atoms with Crippen molar-refractivity contribution in [1.29, 1.82) is 0 Å². The molecule has 0 amide bonds. The number of nitrogens with zero attached hydrogens (tertiary/aromatic N) is 2. The summed E-state index contributed by atoms with van der Waals surface area (Å²) in [5, 5.41) is 0. The molecule has 4 nitrogen and oxygen atoms in total. The van der Waals surface area contributed by atoms with Gasteiger partial charge in [0.25, 0.3) is 0 Å². The Hall–Kier alpha value is -1.39. The molecule has 0 unspecified atom stereocenters. The second kappa shape index (κ2) is 7.41. The first kappa shape index (κ1) is 15.0. The highest BCUT2D eigenvalue weighted by molar-refractivity contribution is 5.97. The number of ketones is 1. The number of hydrogen-bond acceptors (Lipinski definition) is 4. The van der Waals surface area contributed by atoms with Gasteiger partial charge in [0.2, 0.25) is 0 Å². The molecule has 1 aromatic rings. The summed E-state index contributed by atoms with van der Waals surface area (Å²) in [6.45, 7) is 7.33. The molecule has 1 aromatic carbocycles. The molecule has 20 heavy (non-hydrogen) atoms. The standard InChI is InChI=1S/C16H24N2O2/c1-3-12-20-15-6-4-14(5-7-15)16(19)13-18-10-8-17(2)9-11-18/h4-7H,3,8-13H2,1-2H3. The van der Waals surface area contributed by atoms with E-state index in [2.05, 4.69) is 23.8 Å². The predicted molar refractivity (Wildman–Crippen MR) is 80.5 cm³/mol. The Morgan fingerprint density at radius 1 is 1.15 bits per heavy atom. The molecule has 0 spiro atoms. The third kappa shape index (κ3) is 4.32. The van der Waals surface area contributed by atoms with E-state index in [9.17, 15) is 4.79 Å². The Labute approximate surface area is 121 Å². The van der Waals surface area contributed by atoms with Crippen molar-refractivity contribution < 1.29 is 9.53 Å². The van der Waals surface area contributed by atoms with Gasteiger partial charge in [0, 0.05) is 31.7 Å². The maximum absolute atomic E-state index is 12.2. The lowest BCUT2D eigenvalue weighted by Crippen LogP contribution is -2.46. The molecule has 110 valence electrons. The number of piperazine rings is 1. The minimum Gasteiger partial charge on any atom is -0.494 e. The van der Waals surface area contributed by atoms with Crippen LogP contribution in [-0.4, -0.2) is 62.0 Å². The maximum atomic E-state index is 12.2. The van der Waals surface area contributed by atoms with Gasteiger partial charge in [-0.1, -0.05) is 6.92 Å². The number of hydrogen-bond donors (Lipinski definition) is 0. The minimum absolute atomic E-state index is 0.191. The van der Waals surface area contributed by atoms with E-state index in [1.807, 2.05) is 24.3 Å². The van der Waals surface area contributed by atoms with Crippen molar-refractivity contribution in [2.24, 2.45) is 0 Å². The summed E-state index contributed by atoms with van der Waals surface area (Å²) in [5.41, 5.74) is 0.771. The molecule has 1 saturated heterocycles. The minimum atomic E-state index is 0.191. The first-order valence-electron chi connectivity index (χ1n) is 7.36. The van der Waals surface area contributed by atoms with Gasteiger partial charge in [-0.15, -0.1) is 0 Å². The van der Waals surface area contributed by atoms with E-state index in [0.29, 0.717) is 13.2 Å². The Morgan fingerprint density at radius 3 is 2.40 bits per heavy atom. The first-order chi connectivity index (χ1) is 9.69. The Morgan fingerprint density at radius 2 is 1.80 bits per heavy atom. The van der Waals surface area contributed by atoms with Crippen molar-refractivity contribution in [3.8, 4) is 5.75 Å². The quantitative estimate of drug-likeness (QED) is 0.743. The summed E-state index contributed by atoms with van der Waals surface area (Å²) in [7, 11) is 2.12. The average Bonchev–Trinajstić information content (AvgIpc) is 2.48. The zero-order chi connectivity index (χ0) is 14.4. The summed E-state index contributed by atoms with van der Waals surface area (Å²) >= 11 is 0. The molecule has 1 aliphatic rings. The fourth-order valence-corrected chi connectivity index (χ4v) is 2.26. The van der Waals surface area contributed by atoms with E-state index in [0.717, 1.165) is 43.9 Å². The summed E-state index contributed by atoms with van der Waals surface area (Å²) < 4.78 is 5.52. The van der Waals surface area contributed by atoms with E-state index >= 15 is 0 Å². The van der Waals surface area contributed by atoms with Crippen LogP contribution < -0.4 is 4.74 Å². The Kier molecular flexibility index (Phi) is 5.56. The first-order valence-corrected chi connectivity index (χ1v) is 7.36. The lowest BCUT2D eigenvalue weighted by Gasteiger charge is -2.31. The molecule has 0 atom stereocenters. The molecule has 0 saturated carbocycles. The van der Waals surface area contributed by atoms with Crippen molar-refractivity contribution in [1.82, 2.24) is 9.80 Å². The van der Waals surface area contributed by atoms with Crippen LogP contribution in [0.15, 0.2) is 24.3 Å². The monoisotopic (exact) mass is 276 g/mol. The number of Topliss-reactive ketones (excluding diaryl/α,β-unsaturated/α-hetero) is 1. The maximum Gasteiger partial charge on any atom is 0.176 e. The van der Waals surface area contributed by atoms with Crippen molar-refractivity contribution in [3.05, 3.63) is 29.8 Å². The Balaban J connectivity index is 1.85. The SMILES string of the molecule is CCCOc1ccc(C(=O)CN2CCN(C)CC2)cc1. The highest BCUT2D eigenvalue weighted by atomic mass is 16.5. The van der Waals surface area contributed by atoms with Crippen LogP contribution in [0.1, 0.15) is 23.7 Å². The van der Waals surface area contributed by atoms with E-state index in [-0.39, 0.29) is 5.78 Å². The number of ether oxygens (including phenoxy) is 1. The zero-order valence-corrected chi connectivity index (χ0v) is 12.5. The van der Waals surface area contributed by atoms with Crippen molar-refractivity contribution >= 4 is 5.78 Å². The molecule has 0 aromatic heterocycles. The van der Waals surface area contributed by atoms with Crippen LogP contribution in [-0.2, 0) is 0 Å². The second-order valence-corrected chi connectivity index (χ2v) is 5.38. The van der Waals surface area contributed by atoms with Gasteiger partial charge in [0.15, 0.2) is 5.78 Å². The third-order valence-electron chi connectivity index (χ3n) is 3.61.